The molecule has 0 saturated carbocycles. The Hall–Kier alpha value is -2.17. The molecule has 5 nitrogen and oxygen atoms in total. The summed E-state index contributed by atoms with van der Waals surface area (Å²) in [5, 5.41) is 8.79. The van der Waals surface area contributed by atoms with E-state index < -0.39 is 5.97 Å². The highest BCUT2D eigenvalue weighted by molar-refractivity contribution is 5.89. The van der Waals surface area contributed by atoms with Gasteiger partial charge < -0.3 is 5.11 Å². The van der Waals surface area contributed by atoms with E-state index in [9.17, 15) is 9.59 Å². The van der Waals surface area contributed by atoms with E-state index in [1.54, 1.807) is 18.3 Å². The number of carbonyl (C=O) groups is 2. The highest BCUT2D eigenvalue weighted by atomic mass is 16.4. The molecule has 1 N–H and O–H groups in total. The van der Waals surface area contributed by atoms with Crippen molar-refractivity contribution in [1.82, 2.24) is 9.38 Å². The van der Waals surface area contributed by atoms with E-state index in [4.69, 9.17) is 5.11 Å². The normalized spacial score (nSPS) is 10.3. The van der Waals surface area contributed by atoms with Gasteiger partial charge in [-0.05, 0) is 12.1 Å². The molecule has 0 aliphatic heterocycles. The molecular weight excluding hydrogens is 184 g/mol. The predicted molar refractivity (Wildman–Crippen MR) is 47.5 cm³/mol. The number of pyridine rings is 1. The minimum atomic E-state index is -1.07. The van der Waals surface area contributed by atoms with Gasteiger partial charge in [-0.15, -0.1) is 0 Å². The van der Waals surface area contributed by atoms with Crippen LogP contribution in [0.3, 0.4) is 0 Å². The summed E-state index contributed by atoms with van der Waals surface area (Å²) in [6.45, 7) is 0. The van der Waals surface area contributed by atoms with E-state index in [0.717, 1.165) is 0 Å². The number of carbonyl (C=O) groups excluding carboxylic acids is 1. The highest BCUT2D eigenvalue weighted by Gasteiger charge is 2.11. The SMILES string of the molecule is O=Cc1cccn2c(C(=O)O)cnc12. The number of hydrogen-bond acceptors (Lipinski definition) is 3. The maximum absolute atomic E-state index is 10.7. The molecular formula is C9H6N2O3. The minimum Gasteiger partial charge on any atom is -0.477 e. The number of aromatic carboxylic acids is 1. The van der Waals surface area contributed by atoms with Gasteiger partial charge in [0.05, 0.1) is 11.8 Å². The molecule has 0 bridgehead atoms. The monoisotopic (exact) mass is 190 g/mol. The van der Waals surface area contributed by atoms with Gasteiger partial charge in [0.2, 0.25) is 0 Å². The average molecular weight is 190 g/mol. The zero-order valence-electron chi connectivity index (χ0n) is 7.04. The number of carboxylic acids is 1. The van der Waals surface area contributed by atoms with E-state index in [-0.39, 0.29) is 5.69 Å². The lowest BCUT2D eigenvalue weighted by molar-refractivity contribution is 0.0689. The van der Waals surface area contributed by atoms with Crippen LogP contribution in [0.5, 0.6) is 0 Å². The Kier molecular flexibility index (Phi) is 1.78. The summed E-state index contributed by atoms with van der Waals surface area (Å²) in [5.74, 6) is -1.07. The maximum atomic E-state index is 10.7. The van der Waals surface area contributed by atoms with Crippen LogP contribution < -0.4 is 0 Å². The summed E-state index contributed by atoms with van der Waals surface area (Å²) < 4.78 is 1.37. The predicted octanol–water partition coefficient (Wildman–Crippen LogP) is 0.845. The summed E-state index contributed by atoms with van der Waals surface area (Å²) in [6.07, 6.45) is 3.43. The van der Waals surface area contributed by atoms with Gasteiger partial charge in [0.25, 0.3) is 0 Å². The van der Waals surface area contributed by atoms with Crippen LogP contribution in [-0.2, 0) is 0 Å². The average Bonchev–Trinajstić information content (AvgIpc) is 2.60. The van der Waals surface area contributed by atoms with E-state index in [1.807, 2.05) is 0 Å². The Morgan fingerprint density at radius 2 is 2.36 bits per heavy atom. The molecule has 0 aliphatic rings. The third-order valence-electron chi connectivity index (χ3n) is 1.91. The number of fused-ring (bicyclic) bond motifs is 1. The molecule has 0 unspecified atom stereocenters. The van der Waals surface area contributed by atoms with Gasteiger partial charge in [-0.25, -0.2) is 9.78 Å². The van der Waals surface area contributed by atoms with Crippen molar-refractivity contribution in [3.05, 3.63) is 35.8 Å². The fraction of sp³-hybridized carbons (Fsp3) is 0. The van der Waals surface area contributed by atoms with E-state index >= 15 is 0 Å². The van der Waals surface area contributed by atoms with Crippen LogP contribution in [0.2, 0.25) is 0 Å². The van der Waals surface area contributed by atoms with Crippen molar-refractivity contribution in [3.8, 4) is 0 Å². The zero-order chi connectivity index (χ0) is 10.1. The molecule has 0 radical (unpaired) electrons. The molecule has 2 rings (SSSR count). The second kappa shape index (κ2) is 2.95. The molecule has 2 heterocycles. The molecule has 2 aromatic rings. The molecule has 0 aliphatic carbocycles. The Bertz CT molecular complexity index is 516. The highest BCUT2D eigenvalue weighted by Crippen LogP contribution is 2.10. The fourth-order valence-corrected chi connectivity index (χ4v) is 1.28. The molecule has 0 saturated heterocycles. The Morgan fingerprint density at radius 3 is 3.00 bits per heavy atom. The number of aromatic nitrogens is 2. The largest absolute Gasteiger partial charge is 0.477 e. The molecule has 5 heteroatoms. The van der Waals surface area contributed by atoms with Crippen molar-refractivity contribution in [1.29, 1.82) is 0 Å². The van der Waals surface area contributed by atoms with Crippen LogP contribution in [-0.4, -0.2) is 26.7 Å². The molecule has 0 spiro atoms. The molecule has 2 aromatic heterocycles. The molecule has 0 fully saturated rings. The Morgan fingerprint density at radius 1 is 1.57 bits per heavy atom. The minimum absolute atomic E-state index is 0.0451. The number of nitrogens with zero attached hydrogens (tertiary/aromatic N) is 2. The van der Waals surface area contributed by atoms with E-state index in [0.29, 0.717) is 17.5 Å². The molecule has 70 valence electrons. The summed E-state index contributed by atoms with van der Waals surface area (Å²) in [7, 11) is 0. The topological polar surface area (TPSA) is 71.7 Å². The van der Waals surface area contributed by atoms with Crippen LogP contribution in [0.4, 0.5) is 0 Å². The van der Waals surface area contributed by atoms with Crippen LogP contribution in [0.15, 0.2) is 24.5 Å². The summed E-state index contributed by atoms with van der Waals surface area (Å²) in [6, 6.07) is 3.19. The Balaban J connectivity index is 2.82. The van der Waals surface area contributed by atoms with Gasteiger partial charge in [0.1, 0.15) is 5.65 Å². The number of rotatable bonds is 2. The van der Waals surface area contributed by atoms with Crippen LogP contribution >= 0.6 is 0 Å². The summed E-state index contributed by atoms with van der Waals surface area (Å²) >= 11 is 0. The lowest BCUT2D eigenvalue weighted by Gasteiger charge is -1.97. The number of carboxylic acid groups (broad SMARTS) is 1. The first-order valence-corrected chi connectivity index (χ1v) is 3.88. The fourth-order valence-electron chi connectivity index (χ4n) is 1.28. The number of hydrogen-bond donors (Lipinski definition) is 1. The quantitative estimate of drug-likeness (QED) is 0.712. The number of imidazole rings is 1. The summed E-state index contributed by atoms with van der Waals surface area (Å²) in [4.78, 5) is 25.2. The Labute approximate surface area is 78.6 Å². The molecule has 0 atom stereocenters. The third-order valence-corrected chi connectivity index (χ3v) is 1.91. The van der Waals surface area contributed by atoms with Gasteiger partial charge in [-0.1, -0.05) is 0 Å². The van der Waals surface area contributed by atoms with Crippen LogP contribution in [0.25, 0.3) is 5.65 Å². The standard InChI is InChI=1S/C9H6N2O3/c12-5-6-2-1-3-11-7(9(13)14)4-10-8(6)11/h1-5H,(H,13,14). The first-order valence-electron chi connectivity index (χ1n) is 3.88. The van der Waals surface area contributed by atoms with Gasteiger partial charge >= 0.3 is 5.97 Å². The van der Waals surface area contributed by atoms with Gasteiger partial charge in [-0.3, -0.25) is 9.20 Å². The summed E-state index contributed by atoms with van der Waals surface area (Å²) in [5.41, 5.74) is 0.781. The van der Waals surface area contributed by atoms with E-state index in [1.165, 1.54) is 10.6 Å². The van der Waals surface area contributed by atoms with E-state index in [2.05, 4.69) is 4.98 Å². The van der Waals surface area contributed by atoms with Gasteiger partial charge in [0.15, 0.2) is 12.0 Å². The number of aldehydes is 1. The zero-order valence-corrected chi connectivity index (χ0v) is 7.04. The van der Waals surface area contributed by atoms with Crippen molar-refractivity contribution < 1.29 is 14.7 Å². The van der Waals surface area contributed by atoms with Crippen LogP contribution in [0, 0.1) is 0 Å². The van der Waals surface area contributed by atoms with Crippen molar-refractivity contribution in [2.75, 3.05) is 0 Å². The molecule has 14 heavy (non-hydrogen) atoms. The van der Waals surface area contributed by atoms with Gasteiger partial charge in [-0.2, -0.15) is 0 Å². The first kappa shape index (κ1) is 8.43. The van der Waals surface area contributed by atoms with Crippen LogP contribution in [0.1, 0.15) is 20.8 Å². The second-order valence-corrected chi connectivity index (χ2v) is 2.72. The lowest BCUT2D eigenvalue weighted by Crippen LogP contribution is -2.01. The molecule has 0 aromatic carbocycles. The molecule has 0 amide bonds. The second-order valence-electron chi connectivity index (χ2n) is 2.72. The lowest BCUT2D eigenvalue weighted by atomic mass is 10.3. The third kappa shape index (κ3) is 1.06. The van der Waals surface area contributed by atoms with Crippen molar-refractivity contribution in [2.45, 2.75) is 0 Å². The smallest absolute Gasteiger partial charge is 0.354 e. The van der Waals surface area contributed by atoms with Crippen molar-refractivity contribution in [3.63, 3.8) is 0 Å². The maximum Gasteiger partial charge on any atom is 0.354 e. The van der Waals surface area contributed by atoms with Crippen molar-refractivity contribution in [2.24, 2.45) is 0 Å². The first-order chi connectivity index (χ1) is 6.74. The van der Waals surface area contributed by atoms with Gasteiger partial charge in [0, 0.05) is 6.20 Å². The van der Waals surface area contributed by atoms with Crippen molar-refractivity contribution >= 4 is 17.9 Å².